The fraction of sp³-hybridized carbons (Fsp3) is 0.444. The van der Waals surface area contributed by atoms with Crippen LogP contribution in [0, 0.1) is 13.8 Å². The topological polar surface area (TPSA) is 41.4 Å². The second-order valence-electron chi connectivity index (χ2n) is 6.35. The number of nitrogens with zero attached hydrogens (tertiary/aromatic N) is 4. The number of benzene rings is 1. The van der Waals surface area contributed by atoms with Crippen molar-refractivity contribution in [3.8, 4) is 0 Å². The molecule has 3 rings (SSSR count). The number of aryl methyl sites for hydroxylation is 2. The molecule has 1 aliphatic rings. The van der Waals surface area contributed by atoms with Gasteiger partial charge in [-0.2, -0.15) is 9.78 Å². The molecule has 0 saturated carbocycles. The Balaban J connectivity index is 1.58. The zero-order valence-electron chi connectivity index (χ0n) is 13.9. The summed E-state index contributed by atoms with van der Waals surface area (Å²) in [4.78, 5) is 16.8. The van der Waals surface area contributed by atoms with E-state index in [-0.39, 0.29) is 6.03 Å². The van der Waals surface area contributed by atoms with E-state index in [4.69, 9.17) is 0 Å². The van der Waals surface area contributed by atoms with Gasteiger partial charge in [-0.3, -0.25) is 4.90 Å². The molecule has 1 saturated heterocycles. The van der Waals surface area contributed by atoms with Crippen molar-refractivity contribution in [1.29, 1.82) is 0 Å². The predicted molar refractivity (Wildman–Crippen MR) is 90.4 cm³/mol. The van der Waals surface area contributed by atoms with Crippen molar-refractivity contribution in [3.63, 3.8) is 0 Å². The molecule has 1 amide bonds. The monoisotopic (exact) mass is 312 g/mol. The summed E-state index contributed by atoms with van der Waals surface area (Å²) in [5.74, 6) is 0. The minimum absolute atomic E-state index is 0.0183. The van der Waals surface area contributed by atoms with Crippen molar-refractivity contribution < 1.29 is 4.79 Å². The van der Waals surface area contributed by atoms with E-state index in [2.05, 4.69) is 41.2 Å². The fourth-order valence-corrected chi connectivity index (χ4v) is 2.93. The van der Waals surface area contributed by atoms with E-state index in [0.29, 0.717) is 0 Å². The summed E-state index contributed by atoms with van der Waals surface area (Å²) in [6.45, 7) is 8.48. The Morgan fingerprint density at radius 1 is 1.04 bits per heavy atom. The van der Waals surface area contributed by atoms with E-state index in [0.717, 1.165) is 44.7 Å². The third kappa shape index (κ3) is 3.99. The van der Waals surface area contributed by atoms with Crippen molar-refractivity contribution in [2.45, 2.75) is 26.8 Å². The second kappa shape index (κ2) is 6.96. The Morgan fingerprint density at radius 3 is 2.52 bits per heavy atom. The highest BCUT2D eigenvalue weighted by atomic mass is 16.2. The molecular weight excluding hydrogens is 288 g/mol. The van der Waals surface area contributed by atoms with E-state index in [1.54, 1.807) is 12.4 Å². The predicted octanol–water partition coefficient (Wildman–Crippen LogP) is 2.68. The van der Waals surface area contributed by atoms with Gasteiger partial charge in [-0.25, -0.2) is 4.79 Å². The normalized spacial score (nSPS) is 16.3. The number of hydrogen-bond donors (Lipinski definition) is 0. The van der Waals surface area contributed by atoms with Crippen LogP contribution in [-0.4, -0.2) is 51.8 Å². The molecule has 0 atom stereocenters. The molecule has 2 heterocycles. The third-order valence-corrected chi connectivity index (χ3v) is 4.29. The largest absolute Gasteiger partial charge is 0.344 e. The van der Waals surface area contributed by atoms with Gasteiger partial charge in [0.2, 0.25) is 0 Å². The van der Waals surface area contributed by atoms with Gasteiger partial charge in [0, 0.05) is 38.9 Å². The molecule has 0 unspecified atom stereocenters. The quantitative estimate of drug-likeness (QED) is 0.856. The highest BCUT2D eigenvalue weighted by Crippen LogP contribution is 2.11. The zero-order chi connectivity index (χ0) is 16.2. The molecule has 2 aromatic rings. The van der Waals surface area contributed by atoms with Gasteiger partial charge in [-0.15, -0.1) is 0 Å². The number of carbonyl (C=O) groups is 1. The molecule has 0 radical (unpaired) electrons. The van der Waals surface area contributed by atoms with Crippen LogP contribution >= 0.6 is 0 Å². The number of aromatic nitrogens is 2. The zero-order valence-corrected chi connectivity index (χ0v) is 13.9. The first-order valence-electron chi connectivity index (χ1n) is 8.20. The van der Waals surface area contributed by atoms with Crippen LogP contribution < -0.4 is 0 Å². The number of carbonyl (C=O) groups excluding carboxylic acids is 1. The smallest absolute Gasteiger partial charge is 0.322 e. The van der Waals surface area contributed by atoms with Crippen molar-refractivity contribution in [2.24, 2.45) is 0 Å². The van der Waals surface area contributed by atoms with Gasteiger partial charge in [0.1, 0.15) is 0 Å². The lowest BCUT2D eigenvalue weighted by molar-refractivity contribution is 0.196. The van der Waals surface area contributed by atoms with Crippen LogP contribution in [0.3, 0.4) is 0 Å². The molecule has 0 aliphatic carbocycles. The molecule has 23 heavy (non-hydrogen) atoms. The maximum atomic E-state index is 12.5. The van der Waals surface area contributed by atoms with E-state index < -0.39 is 0 Å². The van der Waals surface area contributed by atoms with Gasteiger partial charge in [0.05, 0.1) is 6.20 Å². The average molecular weight is 312 g/mol. The Kier molecular flexibility index (Phi) is 4.76. The second-order valence-corrected chi connectivity index (χ2v) is 6.35. The van der Waals surface area contributed by atoms with E-state index >= 15 is 0 Å². The van der Waals surface area contributed by atoms with E-state index in [1.165, 1.54) is 15.8 Å². The maximum absolute atomic E-state index is 12.5. The van der Waals surface area contributed by atoms with Crippen LogP contribution in [0.25, 0.3) is 0 Å². The van der Waals surface area contributed by atoms with Crippen molar-refractivity contribution in [1.82, 2.24) is 19.6 Å². The SMILES string of the molecule is Cc1ccc(CN2CCCN(C(=O)n3cc(C)cn3)CC2)cc1. The first-order valence-corrected chi connectivity index (χ1v) is 8.20. The molecule has 5 heteroatoms. The first-order chi connectivity index (χ1) is 11.1. The van der Waals surface area contributed by atoms with Gasteiger partial charge in [-0.05, 0) is 31.4 Å². The van der Waals surface area contributed by atoms with Crippen molar-refractivity contribution in [3.05, 3.63) is 53.3 Å². The third-order valence-electron chi connectivity index (χ3n) is 4.29. The van der Waals surface area contributed by atoms with E-state index in [9.17, 15) is 4.79 Å². The number of rotatable bonds is 2. The summed E-state index contributed by atoms with van der Waals surface area (Å²) in [6.07, 6.45) is 4.51. The maximum Gasteiger partial charge on any atom is 0.344 e. The van der Waals surface area contributed by atoms with Gasteiger partial charge < -0.3 is 4.90 Å². The number of hydrogen-bond acceptors (Lipinski definition) is 3. The Hall–Kier alpha value is -2.14. The van der Waals surface area contributed by atoms with Crippen LogP contribution in [0.2, 0.25) is 0 Å². The van der Waals surface area contributed by atoms with Crippen molar-refractivity contribution >= 4 is 6.03 Å². The fourth-order valence-electron chi connectivity index (χ4n) is 2.93. The molecule has 5 nitrogen and oxygen atoms in total. The van der Waals surface area contributed by atoms with Gasteiger partial charge >= 0.3 is 6.03 Å². The first kappa shape index (κ1) is 15.7. The molecule has 1 aliphatic heterocycles. The lowest BCUT2D eigenvalue weighted by atomic mass is 10.1. The standard InChI is InChI=1S/C18H24N4O/c1-15-4-6-17(7-5-15)14-20-8-3-9-21(11-10-20)18(23)22-13-16(2)12-19-22/h4-7,12-13H,3,8-11,14H2,1-2H3. The Labute approximate surface area is 137 Å². The Bertz CT molecular complexity index is 662. The van der Waals surface area contributed by atoms with Gasteiger partial charge in [0.15, 0.2) is 0 Å². The summed E-state index contributed by atoms with van der Waals surface area (Å²) in [5.41, 5.74) is 3.63. The highest BCUT2D eigenvalue weighted by molar-refractivity contribution is 5.76. The lowest BCUT2D eigenvalue weighted by Crippen LogP contribution is -2.38. The van der Waals surface area contributed by atoms with Crippen LogP contribution in [0.15, 0.2) is 36.7 Å². The van der Waals surface area contributed by atoms with Gasteiger partial charge in [0.25, 0.3) is 0 Å². The van der Waals surface area contributed by atoms with Crippen LogP contribution in [0.1, 0.15) is 23.1 Å². The summed E-state index contributed by atoms with van der Waals surface area (Å²) in [6, 6.07) is 8.67. The average Bonchev–Trinajstić information content (AvgIpc) is 2.84. The van der Waals surface area contributed by atoms with E-state index in [1.807, 2.05) is 11.8 Å². The minimum Gasteiger partial charge on any atom is -0.322 e. The molecule has 1 aromatic carbocycles. The molecule has 0 N–H and O–H groups in total. The summed E-state index contributed by atoms with van der Waals surface area (Å²) in [5, 5.41) is 4.13. The lowest BCUT2D eigenvalue weighted by Gasteiger charge is -2.21. The van der Waals surface area contributed by atoms with Crippen LogP contribution in [0.4, 0.5) is 4.79 Å². The molecule has 1 aromatic heterocycles. The van der Waals surface area contributed by atoms with Crippen molar-refractivity contribution in [2.75, 3.05) is 26.2 Å². The molecule has 0 bridgehead atoms. The number of amides is 1. The van der Waals surface area contributed by atoms with Crippen LogP contribution in [-0.2, 0) is 6.54 Å². The molecule has 0 spiro atoms. The minimum atomic E-state index is -0.0183. The molecular formula is C18H24N4O. The van der Waals surface area contributed by atoms with Gasteiger partial charge in [-0.1, -0.05) is 29.8 Å². The summed E-state index contributed by atoms with van der Waals surface area (Å²) < 4.78 is 1.45. The van der Waals surface area contributed by atoms with Crippen LogP contribution in [0.5, 0.6) is 0 Å². The Morgan fingerprint density at radius 2 is 1.83 bits per heavy atom. The highest BCUT2D eigenvalue weighted by Gasteiger charge is 2.20. The molecule has 1 fully saturated rings. The molecule has 122 valence electrons. The summed E-state index contributed by atoms with van der Waals surface area (Å²) in [7, 11) is 0. The summed E-state index contributed by atoms with van der Waals surface area (Å²) >= 11 is 0.